The number of carboxylic acids is 1. The van der Waals surface area contributed by atoms with Crippen LogP contribution in [0.4, 0.5) is 0 Å². The number of hydrogen-bond acceptors (Lipinski definition) is 3. The van der Waals surface area contributed by atoms with E-state index in [4.69, 9.17) is 14.6 Å². The van der Waals surface area contributed by atoms with Crippen molar-refractivity contribution in [2.45, 2.75) is 95.9 Å². The van der Waals surface area contributed by atoms with Crippen LogP contribution in [0.5, 0.6) is 0 Å². The molecule has 0 radical (unpaired) electrons. The fraction of sp³-hybridized carbons (Fsp3) is 0.850. The van der Waals surface area contributed by atoms with Gasteiger partial charge in [0.25, 0.3) is 0 Å². The van der Waals surface area contributed by atoms with Gasteiger partial charge >= 0.3 is 5.97 Å². The molecule has 1 N–H and O–H groups in total. The third kappa shape index (κ3) is 6.21. The summed E-state index contributed by atoms with van der Waals surface area (Å²) < 4.78 is 12.3. The van der Waals surface area contributed by atoms with Crippen molar-refractivity contribution in [2.75, 3.05) is 6.61 Å². The summed E-state index contributed by atoms with van der Waals surface area (Å²) >= 11 is 0. The summed E-state index contributed by atoms with van der Waals surface area (Å²) in [5.74, 6) is -0.229. The molecule has 0 amide bonds. The molecule has 2 aliphatic rings. The Hall–Kier alpha value is -0.870. The Kier molecular flexibility index (Phi) is 8.82. The van der Waals surface area contributed by atoms with Crippen LogP contribution >= 0.6 is 0 Å². The van der Waals surface area contributed by atoms with Gasteiger partial charge in [0.15, 0.2) is 0 Å². The summed E-state index contributed by atoms with van der Waals surface area (Å²) in [6, 6.07) is 0. The van der Waals surface area contributed by atoms with E-state index in [1.165, 1.54) is 32.1 Å². The van der Waals surface area contributed by atoms with E-state index in [0.29, 0.717) is 18.1 Å². The lowest BCUT2D eigenvalue weighted by molar-refractivity contribution is -0.137. The predicted octanol–water partition coefficient (Wildman–Crippen LogP) is 4.72. The van der Waals surface area contributed by atoms with Crippen molar-refractivity contribution in [3.63, 3.8) is 0 Å². The molecule has 4 atom stereocenters. The normalized spacial score (nSPS) is 28.9. The molecular weight excluding hydrogens is 304 g/mol. The van der Waals surface area contributed by atoms with E-state index in [0.717, 1.165) is 38.7 Å². The van der Waals surface area contributed by atoms with E-state index in [9.17, 15) is 4.79 Å². The highest BCUT2D eigenvalue weighted by Gasteiger charge is 2.48. The molecule has 2 bridgehead atoms. The van der Waals surface area contributed by atoms with Crippen LogP contribution in [0.3, 0.4) is 0 Å². The Morgan fingerprint density at radius 3 is 2.71 bits per heavy atom. The SMILES string of the molecule is CCCCCCCO[C@H]1[C@@H](C/C=C\CCCC(=O)O)[C@H]2CC[C@@H]1O2. The number of fused-ring (bicyclic) bond motifs is 2. The van der Waals surface area contributed by atoms with Crippen LogP contribution in [0.15, 0.2) is 12.2 Å². The van der Waals surface area contributed by atoms with Crippen molar-refractivity contribution in [2.24, 2.45) is 5.92 Å². The van der Waals surface area contributed by atoms with Crippen LogP contribution < -0.4 is 0 Å². The Labute approximate surface area is 146 Å². The predicted molar refractivity (Wildman–Crippen MR) is 95.1 cm³/mol. The van der Waals surface area contributed by atoms with Crippen LogP contribution in [0, 0.1) is 5.92 Å². The summed E-state index contributed by atoms with van der Waals surface area (Å²) in [7, 11) is 0. The van der Waals surface area contributed by atoms with Crippen LogP contribution in [0.1, 0.15) is 77.6 Å². The quantitative estimate of drug-likeness (QED) is 0.390. The van der Waals surface area contributed by atoms with Crippen LogP contribution in [0.25, 0.3) is 0 Å². The molecule has 2 saturated heterocycles. The highest BCUT2D eigenvalue weighted by molar-refractivity contribution is 5.66. The third-order valence-electron chi connectivity index (χ3n) is 5.25. The van der Waals surface area contributed by atoms with Crippen LogP contribution in [0.2, 0.25) is 0 Å². The molecular formula is C20H34O4. The van der Waals surface area contributed by atoms with Crippen molar-refractivity contribution in [3.8, 4) is 0 Å². The highest BCUT2D eigenvalue weighted by Crippen LogP contribution is 2.42. The average molecular weight is 338 g/mol. The maximum atomic E-state index is 10.5. The Bertz CT molecular complexity index is 393. The maximum Gasteiger partial charge on any atom is 0.303 e. The summed E-state index contributed by atoms with van der Waals surface area (Å²) in [4.78, 5) is 10.5. The van der Waals surface area contributed by atoms with Gasteiger partial charge in [-0.3, -0.25) is 4.79 Å². The zero-order valence-electron chi connectivity index (χ0n) is 15.1. The standard InChI is InChI=1S/C20H34O4/c1-2-3-4-7-10-15-23-20-16(17-13-14-18(20)24-17)11-8-5-6-9-12-19(21)22/h5,8,16-18,20H,2-4,6-7,9-15H2,1H3,(H,21,22)/b8-5-/t16-,17+,18-,20-/m0/s1. The van der Waals surface area contributed by atoms with Gasteiger partial charge in [0.2, 0.25) is 0 Å². The van der Waals surface area contributed by atoms with Crippen molar-refractivity contribution in [1.29, 1.82) is 0 Å². The van der Waals surface area contributed by atoms with Crippen molar-refractivity contribution >= 4 is 5.97 Å². The first-order valence-corrected chi connectivity index (χ1v) is 9.86. The number of ether oxygens (including phenoxy) is 2. The number of hydrogen-bond donors (Lipinski definition) is 1. The Morgan fingerprint density at radius 1 is 1.12 bits per heavy atom. The zero-order valence-corrected chi connectivity index (χ0v) is 15.1. The number of allylic oxidation sites excluding steroid dienone is 2. The number of carboxylic acid groups (broad SMARTS) is 1. The molecule has 0 saturated carbocycles. The van der Waals surface area contributed by atoms with Gasteiger partial charge in [-0.05, 0) is 38.5 Å². The van der Waals surface area contributed by atoms with E-state index >= 15 is 0 Å². The first kappa shape index (κ1) is 19.5. The van der Waals surface area contributed by atoms with Crippen molar-refractivity contribution in [3.05, 3.63) is 12.2 Å². The van der Waals surface area contributed by atoms with Gasteiger partial charge in [-0.2, -0.15) is 0 Å². The molecule has 138 valence electrons. The summed E-state index contributed by atoms with van der Waals surface area (Å²) in [6.45, 7) is 3.10. The molecule has 2 rings (SSSR count). The monoisotopic (exact) mass is 338 g/mol. The number of aliphatic carboxylic acids is 1. The molecule has 4 nitrogen and oxygen atoms in total. The fourth-order valence-electron chi connectivity index (χ4n) is 3.92. The lowest BCUT2D eigenvalue weighted by atomic mass is 9.84. The van der Waals surface area contributed by atoms with Gasteiger partial charge in [0, 0.05) is 18.9 Å². The largest absolute Gasteiger partial charge is 0.481 e. The Morgan fingerprint density at radius 2 is 1.92 bits per heavy atom. The van der Waals surface area contributed by atoms with E-state index in [1.807, 2.05) is 0 Å². The number of rotatable bonds is 13. The molecule has 0 unspecified atom stereocenters. The van der Waals surface area contributed by atoms with E-state index < -0.39 is 5.97 Å². The minimum atomic E-state index is -0.711. The van der Waals surface area contributed by atoms with E-state index in [1.54, 1.807) is 0 Å². The summed E-state index contributed by atoms with van der Waals surface area (Å²) in [5.41, 5.74) is 0. The van der Waals surface area contributed by atoms with Crippen molar-refractivity contribution < 1.29 is 19.4 Å². The molecule has 2 fully saturated rings. The second-order valence-electron chi connectivity index (χ2n) is 7.20. The van der Waals surface area contributed by atoms with Gasteiger partial charge in [-0.15, -0.1) is 0 Å². The van der Waals surface area contributed by atoms with Crippen molar-refractivity contribution in [1.82, 2.24) is 0 Å². The van der Waals surface area contributed by atoms with Gasteiger partial charge in [-0.25, -0.2) is 0 Å². The molecule has 0 spiro atoms. The second-order valence-corrected chi connectivity index (χ2v) is 7.20. The first-order chi connectivity index (χ1) is 11.7. The van der Waals surface area contributed by atoms with Crippen LogP contribution in [-0.2, 0) is 14.3 Å². The van der Waals surface area contributed by atoms with Gasteiger partial charge in [0.05, 0.1) is 18.3 Å². The fourth-order valence-corrected chi connectivity index (χ4v) is 3.92. The Balaban J connectivity index is 1.65. The molecule has 0 aliphatic carbocycles. The topological polar surface area (TPSA) is 55.8 Å². The minimum Gasteiger partial charge on any atom is -0.481 e. The highest BCUT2D eigenvalue weighted by atomic mass is 16.6. The second kappa shape index (κ2) is 10.9. The average Bonchev–Trinajstić information content (AvgIpc) is 3.15. The lowest BCUT2D eigenvalue weighted by Crippen LogP contribution is -2.34. The van der Waals surface area contributed by atoms with Gasteiger partial charge in [-0.1, -0.05) is 44.8 Å². The summed E-state index contributed by atoms with van der Waals surface area (Å²) in [5, 5.41) is 8.64. The molecule has 2 aliphatic heterocycles. The molecule has 0 aromatic carbocycles. The zero-order chi connectivity index (χ0) is 17.2. The van der Waals surface area contributed by atoms with Crippen LogP contribution in [-0.4, -0.2) is 36.0 Å². The smallest absolute Gasteiger partial charge is 0.303 e. The van der Waals surface area contributed by atoms with Gasteiger partial charge < -0.3 is 14.6 Å². The number of carbonyl (C=O) groups is 1. The summed E-state index contributed by atoms with van der Waals surface area (Å²) in [6.07, 6.45) is 16.7. The molecule has 0 aromatic heterocycles. The van der Waals surface area contributed by atoms with Gasteiger partial charge in [0.1, 0.15) is 0 Å². The van der Waals surface area contributed by atoms with E-state index in [2.05, 4.69) is 19.1 Å². The molecule has 2 heterocycles. The third-order valence-corrected chi connectivity index (χ3v) is 5.25. The number of unbranched alkanes of at least 4 members (excludes halogenated alkanes) is 5. The molecule has 4 heteroatoms. The minimum absolute atomic E-state index is 0.255. The lowest BCUT2D eigenvalue weighted by Gasteiger charge is -2.27. The molecule has 24 heavy (non-hydrogen) atoms. The maximum absolute atomic E-state index is 10.5. The first-order valence-electron chi connectivity index (χ1n) is 9.86. The molecule has 0 aromatic rings. The van der Waals surface area contributed by atoms with E-state index in [-0.39, 0.29) is 12.5 Å².